The summed E-state index contributed by atoms with van der Waals surface area (Å²) in [5.74, 6) is 0.532. The Hall–Kier alpha value is -1.81. The Morgan fingerprint density at radius 2 is 1.50 bits per heavy atom. The number of hydrogen-bond donors (Lipinski definition) is 1. The molecule has 0 saturated carbocycles. The molecule has 0 fully saturated rings. The summed E-state index contributed by atoms with van der Waals surface area (Å²) in [5.41, 5.74) is 3.76. The smallest absolute Gasteiger partial charge is 0.258 e. The van der Waals surface area contributed by atoms with E-state index in [1.54, 1.807) is 0 Å². The molecule has 2 aromatic carbocycles. The van der Waals surface area contributed by atoms with Crippen LogP contribution in [-0.4, -0.2) is 12.5 Å². The fourth-order valence-electron chi connectivity index (χ4n) is 2.87. The number of carbonyl (C=O) groups excluding carboxylic acids is 1. The van der Waals surface area contributed by atoms with Crippen molar-refractivity contribution >= 4 is 21.8 Å². The minimum absolute atomic E-state index is 0.0160. The molecule has 0 aliphatic carbocycles. The quantitative estimate of drug-likeness (QED) is 0.585. The molecule has 3 nitrogen and oxygen atoms in total. The molecule has 152 valence electrons. The van der Waals surface area contributed by atoms with Crippen molar-refractivity contribution in [1.82, 2.24) is 5.32 Å². The van der Waals surface area contributed by atoms with E-state index in [2.05, 4.69) is 87.1 Å². The Kier molecular flexibility index (Phi) is 6.97. The monoisotopic (exact) mass is 445 g/mol. The van der Waals surface area contributed by atoms with Gasteiger partial charge in [-0.25, -0.2) is 0 Å². The predicted octanol–water partition coefficient (Wildman–Crippen LogP) is 6.30. The Bertz CT molecular complexity index is 814. The maximum atomic E-state index is 12.3. The highest BCUT2D eigenvalue weighted by atomic mass is 79.9. The van der Waals surface area contributed by atoms with E-state index in [0.29, 0.717) is 5.75 Å². The molecule has 0 saturated heterocycles. The Morgan fingerprint density at radius 3 is 2.00 bits per heavy atom. The van der Waals surface area contributed by atoms with Gasteiger partial charge in [-0.15, -0.1) is 0 Å². The van der Waals surface area contributed by atoms with Crippen LogP contribution in [0.15, 0.2) is 46.9 Å². The number of amides is 1. The van der Waals surface area contributed by atoms with Gasteiger partial charge in [0.1, 0.15) is 5.75 Å². The summed E-state index contributed by atoms with van der Waals surface area (Å²) in [6.07, 6.45) is 0. The molecule has 0 heterocycles. The third-order valence-electron chi connectivity index (χ3n) is 4.81. The predicted molar refractivity (Wildman–Crippen MR) is 120 cm³/mol. The number of hydrogen-bond acceptors (Lipinski definition) is 2. The minimum atomic E-state index is -0.140. The number of halogens is 1. The van der Waals surface area contributed by atoms with Gasteiger partial charge in [-0.1, -0.05) is 71.9 Å². The highest BCUT2D eigenvalue weighted by Gasteiger charge is 2.17. The number of ether oxygens (including phenoxy) is 1. The summed E-state index contributed by atoms with van der Waals surface area (Å²) >= 11 is 3.54. The lowest BCUT2D eigenvalue weighted by Gasteiger charge is -2.21. The number of nitrogens with one attached hydrogen (secondary N) is 1. The molecule has 2 rings (SSSR count). The minimum Gasteiger partial charge on any atom is -0.483 e. The standard InChI is InChI=1S/C24H32BrNO2/c1-16(17-8-10-18(11-9-17)23(2,3)4)26-22(27)15-28-21-13-12-19(14-20(21)25)24(5,6)7/h8-14,16H,15H2,1-7H3,(H,26,27)/t16-/m1/s1. The van der Waals surface area contributed by atoms with Gasteiger partial charge in [-0.2, -0.15) is 0 Å². The molecule has 0 aliphatic heterocycles. The van der Waals surface area contributed by atoms with Crippen LogP contribution in [0.3, 0.4) is 0 Å². The lowest BCUT2D eigenvalue weighted by molar-refractivity contribution is -0.123. The number of rotatable bonds is 5. The zero-order valence-corrected chi connectivity index (χ0v) is 19.6. The van der Waals surface area contributed by atoms with Crippen LogP contribution in [0.5, 0.6) is 5.75 Å². The Labute approximate surface area is 178 Å². The maximum absolute atomic E-state index is 12.3. The molecule has 0 unspecified atom stereocenters. The fourth-order valence-corrected chi connectivity index (χ4v) is 3.36. The van der Waals surface area contributed by atoms with Crippen LogP contribution in [-0.2, 0) is 15.6 Å². The molecule has 2 aromatic rings. The van der Waals surface area contributed by atoms with Crippen LogP contribution < -0.4 is 10.1 Å². The van der Waals surface area contributed by atoms with Crippen molar-refractivity contribution in [3.63, 3.8) is 0 Å². The molecule has 0 aliphatic rings. The van der Waals surface area contributed by atoms with E-state index in [1.807, 2.05) is 25.1 Å². The van der Waals surface area contributed by atoms with Crippen molar-refractivity contribution in [3.8, 4) is 5.75 Å². The summed E-state index contributed by atoms with van der Waals surface area (Å²) in [7, 11) is 0. The molecular weight excluding hydrogens is 414 g/mol. The lowest BCUT2D eigenvalue weighted by Crippen LogP contribution is -2.31. The Morgan fingerprint density at radius 1 is 0.964 bits per heavy atom. The van der Waals surface area contributed by atoms with Crippen LogP contribution in [0.4, 0.5) is 0 Å². The summed E-state index contributed by atoms with van der Waals surface area (Å²) in [6, 6.07) is 14.3. The molecular formula is C24H32BrNO2. The van der Waals surface area contributed by atoms with Crippen molar-refractivity contribution in [1.29, 1.82) is 0 Å². The second-order valence-electron chi connectivity index (χ2n) is 9.35. The summed E-state index contributed by atoms with van der Waals surface area (Å²) in [4.78, 5) is 12.3. The largest absolute Gasteiger partial charge is 0.483 e. The van der Waals surface area contributed by atoms with Gasteiger partial charge in [-0.3, -0.25) is 4.79 Å². The first-order valence-electron chi connectivity index (χ1n) is 9.70. The molecule has 0 radical (unpaired) electrons. The second kappa shape index (κ2) is 8.69. The summed E-state index contributed by atoms with van der Waals surface area (Å²) in [6.45, 7) is 15.0. The second-order valence-corrected chi connectivity index (χ2v) is 10.2. The van der Waals surface area contributed by atoms with Gasteiger partial charge in [0.25, 0.3) is 5.91 Å². The average Bonchev–Trinajstić information content (AvgIpc) is 2.59. The van der Waals surface area contributed by atoms with Crippen molar-refractivity contribution in [2.75, 3.05) is 6.61 Å². The van der Waals surface area contributed by atoms with Crippen molar-refractivity contribution in [2.24, 2.45) is 0 Å². The molecule has 1 N–H and O–H groups in total. The first-order chi connectivity index (χ1) is 12.9. The van der Waals surface area contributed by atoms with E-state index >= 15 is 0 Å². The van der Waals surface area contributed by atoms with Gasteiger partial charge < -0.3 is 10.1 Å². The third kappa shape index (κ3) is 6.10. The molecule has 0 bridgehead atoms. The normalized spacial score (nSPS) is 13.1. The van der Waals surface area contributed by atoms with E-state index in [-0.39, 0.29) is 29.4 Å². The van der Waals surface area contributed by atoms with Crippen LogP contribution in [0.2, 0.25) is 0 Å². The lowest BCUT2D eigenvalue weighted by atomic mass is 9.86. The fraction of sp³-hybridized carbons (Fsp3) is 0.458. The first-order valence-corrected chi connectivity index (χ1v) is 10.5. The summed E-state index contributed by atoms with van der Waals surface area (Å²) in [5, 5.41) is 3.00. The van der Waals surface area contributed by atoms with Gasteiger partial charge in [0.2, 0.25) is 0 Å². The molecule has 1 amide bonds. The van der Waals surface area contributed by atoms with Gasteiger partial charge in [-0.05, 0) is 62.5 Å². The molecule has 0 spiro atoms. The van der Waals surface area contributed by atoms with Crippen LogP contribution in [0.25, 0.3) is 0 Å². The number of carbonyl (C=O) groups is 1. The zero-order valence-electron chi connectivity index (χ0n) is 18.0. The van der Waals surface area contributed by atoms with Gasteiger partial charge in [0.15, 0.2) is 6.61 Å². The van der Waals surface area contributed by atoms with Crippen LogP contribution >= 0.6 is 15.9 Å². The first kappa shape index (κ1) is 22.5. The number of benzene rings is 2. The van der Waals surface area contributed by atoms with E-state index in [4.69, 9.17) is 4.74 Å². The van der Waals surface area contributed by atoms with E-state index in [0.717, 1.165) is 10.0 Å². The van der Waals surface area contributed by atoms with Crippen molar-refractivity contribution in [3.05, 3.63) is 63.6 Å². The Balaban J connectivity index is 1.93. The van der Waals surface area contributed by atoms with Crippen LogP contribution in [0.1, 0.15) is 71.2 Å². The molecule has 4 heteroatoms. The van der Waals surface area contributed by atoms with Crippen molar-refractivity contribution in [2.45, 2.75) is 65.3 Å². The molecule has 1 atom stereocenters. The van der Waals surface area contributed by atoms with E-state index < -0.39 is 0 Å². The highest BCUT2D eigenvalue weighted by Crippen LogP contribution is 2.31. The van der Waals surface area contributed by atoms with Crippen molar-refractivity contribution < 1.29 is 9.53 Å². The van der Waals surface area contributed by atoms with Gasteiger partial charge in [0.05, 0.1) is 10.5 Å². The molecule has 28 heavy (non-hydrogen) atoms. The highest BCUT2D eigenvalue weighted by molar-refractivity contribution is 9.10. The zero-order chi connectivity index (χ0) is 21.1. The molecule has 0 aromatic heterocycles. The average molecular weight is 446 g/mol. The maximum Gasteiger partial charge on any atom is 0.258 e. The van der Waals surface area contributed by atoms with Gasteiger partial charge in [0, 0.05) is 0 Å². The van der Waals surface area contributed by atoms with E-state index in [1.165, 1.54) is 11.1 Å². The van der Waals surface area contributed by atoms with Crippen LogP contribution in [0, 0.1) is 0 Å². The SMILES string of the molecule is C[C@@H](NC(=O)COc1ccc(C(C)(C)C)cc1Br)c1ccc(C(C)(C)C)cc1. The van der Waals surface area contributed by atoms with Gasteiger partial charge >= 0.3 is 0 Å². The third-order valence-corrected chi connectivity index (χ3v) is 5.43. The summed E-state index contributed by atoms with van der Waals surface area (Å²) < 4.78 is 6.57. The topological polar surface area (TPSA) is 38.3 Å². The van der Waals surface area contributed by atoms with E-state index in [9.17, 15) is 4.79 Å².